The Kier molecular flexibility index (Phi) is 2.98. The Labute approximate surface area is 105 Å². The van der Waals surface area contributed by atoms with Crippen molar-refractivity contribution >= 4 is 11.3 Å². The first-order chi connectivity index (χ1) is 8.24. The summed E-state index contributed by atoms with van der Waals surface area (Å²) in [4.78, 5) is 3.68. The number of likely N-dealkylation sites (N-methyl/N-ethyl adjacent to an activating group) is 1. The van der Waals surface area contributed by atoms with Crippen LogP contribution in [0.1, 0.15) is 23.8 Å². The molecule has 4 nitrogen and oxygen atoms in total. The van der Waals surface area contributed by atoms with Crippen LogP contribution in [-0.4, -0.2) is 37.7 Å². The minimum Gasteiger partial charge on any atom is -0.485 e. The van der Waals surface area contributed by atoms with Gasteiger partial charge in [0.15, 0.2) is 5.75 Å². The summed E-state index contributed by atoms with van der Waals surface area (Å²) in [5.41, 5.74) is 5.98. The maximum absolute atomic E-state index is 5.98. The summed E-state index contributed by atoms with van der Waals surface area (Å²) in [7, 11) is 2.14. The molecule has 17 heavy (non-hydrogen) atoms. The Morgan fingerprint density at radius 2 is 2.18 bits per heavy atom. The van der Waals surface area contributed by atoms with Gasteiger partial charge in [0, 0.05) is 23.5 Å². The highest BCUT2D eigenvalue weighted by molar-refractivity contribution is 7.14. The van der Waals surface area contributed by atoms with Crippen molar-refractivity contribution in [1.82, 2.24) is 4.90 Å². The number of fused-ring (bicyclic) bond motifs is 1. The molecule has 1 aromatic heterocycles. The summed E-state index contributed by atoms with van der Waals surface area (Å²) in [5.74, 6) is 0.916. The number of thiophene rings is 1. The number of piperidine rings is 1. The lowest BCUT2D eigenvalue weighted by Crippen LogP contribution is -2.42. The van der Waals surface area contributed by atoms with Gasteiger partial charge in [-0.05, 0) is 26.0 Å². The third-order valence-electron chi connectivity index (χ3n) is 3.45. The summed E-state index contributed by atoms with van der Waals surface area (Å²) >= 11 is 1.72. The molecule has 3 rings (SSSR count). The lowest BCUT2D eigenvalue weighted by Gasteiger charge is -2.35. The molecule has 1 fully saturated rings. The standard InChI is InChI=1S/C12H18N2O2S/c1-14-7-8(13)2-3-9(14)11-6-10-12(17-11)16-5-4-15-10/h6,8-9H,2-5,7,13H2,1H3. The SMILES string of the molecule is CN1CC(N)CCC1c1cc2c(s1)OCCO2. The van der Waals surface area contributed by atoms with Gasteiger partial charge in [0.25, 0.3) is 0 Å². The Morgan fingerprint density at radius 3 is 2.94 bits per heavy atom. The molecule has 2 aliphatic rings. The zero-order valence-corrected chi connectivity index (χ0v) is 10.8. The molecule has 2 aliphatic heterocycles. The fraction of sp³-hybridized carbons (Fsp3) is 0.667. The number of hydrogen-bond donors (Lipinski definition) is 1. The fourth-order valence-corrected chi connectivity index (χ4v) is 3.74. The molecule has 2 unspecified atom stereocenters. The van der Waals surface area contributed by atoms with Gasteiger partial charge in [-0.3, -0.25) is 4.90 Å². The molecule has 94 valence electrons. The lowest BCUT2D eigenvalue weighted by atomic mass is 9.98. The third kappa shape index (κ3) is 2.14. The summed E-state index contributed by atoms with van der Waals surface area (Å²) < 4.78 is 11.2. The number of nitrogens with zero attached hydrogens (tertiary/aromatic N) is 1. The Hall–Kier alpha value is -0.780. The van der Waals surface area contributed by atoms with E-state index in [-0.39, 0.29) is 0 Å². The van der Waals surface area contributed by atoms with Crippen molar-refractivity contribution in [2.24, 2.45) is 5.73 Å². The average Bonchev–Trinajstić information content (AvgIpc) is 2.72. The molecular formula is C12H18N2O2S. The van der Waals surface area contributed by atoms with Gasteiger partial charge in [-0.25, -0.2) is 0 Å². The Bertz CT molecular complexity index is 384. The van der Waals surface area contributed by atoms with Crippen molar-refractivity contribution in [1.29, 1.82) is 0 Å². The van der Waals surface area contributed by atoms with Gasteiger partial charge in [-0.2, -0.15) is 0 Å². The van der Waals surface area contributed by atoms with Gasteiger partial charge in [0.05, 0.1) is 0 Å². The van der Waals surface area contributed by atoms with Gasteiger partial charge in [0.1, 0.15) is 13.2 Å². The predicted molar refractivity (Wildman–Crippen MR) is 67.9 cm³/mol. The summed E-state index contributed by atoms with van der Waals surface area (Å²) in [5, 5.41) is 0.939. The van der Waals surface area contributed by atoms with Crippen molar-refractivity contribution in [3.63, 3.8) is 0 Å². The van der Waals surface area contributed by atoms with E-state index in [0.29, 0.717) is 25.3 Å². The molecule has 0 amide bonds. The summed E-state index contributed by atoms with van der Waals surface area (Å²) in [6, 6.07) is 2.92. The van der Waals surface area contributed by atoms with E-state index < -0.39 is 0 Å². The van der Waals surface area contributed by atoms with Crippen molar-refractivity contribution in [2.75, 3.05) is 26.8 Å². The molecular weight excluding hydrogens is 236 g/mol. The monoisotopic (exact) mass is 254 g/mol. The largest absolute Gasteiger partial charge is 0.485 e. The minimum absolute atomic E-state index is 0.318. The molecule has 3 heterocycles. The third-order valence-corrected chi connectivity index (χ3v) is 4.58. The normalized spacial score (nSPS) is 29.3. The van der Waals surface area contributed by atoms with E-state index in [4.69, 9.17) is 15.2 Å². The number of likely N-dealkylation sites (tertiary alicyclic amines) is 1. The van der Waals surface area contributed by atoms with Crippen LogP contribution in [0.25, 0.3) is 0 Å². The smallest absolute Gasteiger partial charge is 0.217 e. The minimum atomic E-state index is 0.318. The molecule has 0 radical (unpaired) electrons. The van der Waals surface area contributed by atoms with E-state index in [1.54, 1.807) is 11.3 Å². The first kappa shape index (κ1) is 11.3. The molecule has 0 spiro atoms. The summed E-state index contributed by atoms with van der Waals surface area (Å²) in [6.07, 6.45) is 2.22. The quantitative estimate of drug-likeness (QED) is 0.827. The van der Waals surface area contributed by atoms with E-state index in [9.17, 15) is 0 Å². The van der Waals surface area contributed by atoms with E-state index in [1.165, 1.54) is 4.88 Å². The molecule has 5 heteroatoms. The first-order valence-corrected chi connectivity index (χ1v) is 6.91. The van der Waals surface area contributed by atoms with Crippen LogP contribution in [0.5, 0.6) is 10.8 Å². The van der Waals surface area contributed by atoms with Gasteiger partial charge in [0.2, 0.25) is 5.06 Å². The molecule has 0 saturated carbocycles. The van der Waals surface area contributed by atoms with Crippen molar-refractivity contribution in [3.8, 4) is 10.8 Å². The zero-order chi connectivity index (χ0) is 11.8. The number of nitrogens with two attached hydrogens (primary N) is 1. The van der Waals surface area contributed by atoms with Gasteiger partial charge in [-0.1, -0.05) is 11.3 Å². The number of hydrogen-bond acceptors (Lipinski definition) is 5. The molecule has 1 saturated heterocycles. The molecule has 0 aromatic carbocycles. The lowest BCUT2D eigenvalue weighted by molar-refractivity contribution is 0.171. The van der Waals surface area contributed by atoms with E-state index in [1.807, 2.05) is 0 Å². The highest BCUT2D eigenvalue weighted by Crippen LogP contribution is 2.44. The molecule has 0 bridgehead atoms. The number of rotatable bonds is 1. The van der Waals surface area contributed by atoms with E-state index >= 15 is 0 Å². The van der Waals surface area contributed by atoms with Crippen LogP contribution in [-0.2, 0) is 0 Å². The molecule has 2 atom stereocenters. The Balaban J connectivity index is 1.81. The van der Waals surface area contributed by atoms with Crippen molar-refractivity contribution in [3.05, 3.63) is 10.9 Å². The average molecular weight is 254 g/mol. The van der Waals surface area contributed by atoms with Gasteiger partial charge >= 0.3 is 0 Å². The second-order valence-electron chi connectivity index (χ2n) is 4.79. The van der Waals surface area contributed by atoms with Crippen molar-refractivity contribution < 1.29 is 9.47 Å². The van der Waals surface area contributed by atoms with Gasteiger partial charge in [-0.15, -0.1) is 0 Å². The Morgan fingerprint density at radius 1 is 1.35 bits per heavy atom. The van der Waals surface area contributed by atoms with Gasteiger partial charge < -0.3 is 15.2 Å². The molecule has 0 aliphatic carbocycles. The van der Waals surface area contributed by atoms with Crippen LogP contribution in [0, 0.1) is 0 Å². The molecule has 2 N–H and O–H groups in total. The second kappa shape index (κ2) is 4.48. The summed E-state index contributed by atoms with van der Waals surface area (Å²) in [6.45, 7) is 2.29. The maximum Gasteiger partial charge on any atom is 0.217 e. The number of ether oxygens (including phenoxy) is 2. The van der Waals surface area contributed by atoms with Crippen LogP contribution >= 0.6 is 11.3 Å². The highest BCUT2D eigenvalue weighted by atomic mass is 32.1. The maximum atomic E-state index is 5.98. The van der Waals surface area contributed by atoms with Crippen LogP contribution in [0.15, 0.2) is 6.07 Å². The van der Waals surface area contributed by atoms with Crippen molar-refractivity contribution in [2.45, 2.75) is 24.9 Å². The predicted octanol–water partition coefficient (Wildman–Crippen LogP) is 1.61. The van der Waals surface area contributed by atoms with E-state index in [0.717, 1.165) is 30.2 Å². The second-order valence-corrected chi connectivity index (χ2v) is 5.84. The zero-order valence-electron chi connectivity index (χ0n) is 10.0. The van der Waals surface area contributed by atoms with Crippen LogP contribution < -0.4 is 15.2 Å². The highest BCUT2D eigenvalue weighted by Gasteiger charge is 2.28. The van der Waals surface area contributed by atoms with Crippen LogP contribution in [0.2, 0.25) is 0 Å². The van der Waals surface area contributed by atoms with E-state index in [2.05, 4.69) is 18.0 Å². The molecule has 1 aromatic rings. The fourth-order valence-electron chi connectivity index (χ4n) is 2.57. The van der Waals surface area contributed by atoms with Crippen LogP contribution in [0.3, 0.4) is 0 Å². The topological polar surface area (TPSA) is 47.7 Å². The first-order valence-electron chi connectivity index (χ1n) is 6.09. The van der Waals surface area contributed by atoms with Crippen LogP contribution in [0.4, 0.5) is 0 Å².